The van der Waals surface area contributed by atoms with Gasteiger partial charge >= 0.3 is 0 Å². The molecule has 1 aliphatic rings. The van der Waals surface area contributed by atoms with Crippen LogP contribution in [-0.2, 0) is 9.53 Å². The van der Waals surface area contributed by atoms with Gasteiger partial charge in [-0.05, 0) is 18.3 Å². The van der Waals surface area contributed by atoms with Crippen molar-refractivity contribution in [2.75, 3.05) is 13.7 Å². The van der Waals surface area contributed by atoms with Gasteiger partial charge in [0.25, 0.3) is 11.8 Å². The van der Waals surface area contributed by atoms with Crippen LogP contribution in [0.3, 0.4) is 0 Å². The fourth-order valence-corrected chi connectivity index (χ4v) is 2.80. The predicted molar refractivity (Wildman–Crippen MR) is 95.7 cm³/mol. The lowest BCUT2D eigenvalue weighted by Crippen LogP contribution is -2.53. The zero-order valence-corrected chi connectivity index (χ0v) is 15.6. The van der Waals surface area contributed by atoms with Gasteiger partial charge in [0.15, 0.2) is 0 Å². The Bertz CT molecular complexity index is 820. The van der Waals surface area contributed by atoms with Crippen molar-refractivity contribution in [3.05, 3.63) is 30.4 Å². The zero-order valence-electron chi connectivity index (χ0n) is 15.6. The zero-order chi connectivity index (χ0) is 18.9. The first-order chi connectivity index (χ1) is 12.3. The molecule has 26 heavy (non-hydrogen) atoms. The highest BCUT2D eigenvalue weighted by atomic mass is 16.5. The van der Waals surface area contributed by atoms with Gasteiger partial charge in [-0.3, -0.25) is 14.6 Å². The van der Waals surface area contributed by atoms with E-state index >= 15 is 0 Å². The summed E-state index contributed by atoms with van der Waals surface area (Å²) in [7, 11) is 1.56. The number of methoxy groups -OCH3 is 1. The summed E-state index contributed by atoms with van der Waals surface area (Å²) < 4.78 is 6.94. The average Bonchev–Trinajstić information content (AvgIpc) is 3.29. The lowest BCUT2D eigenvalue weighted by molar-refractivity contribution is -0.135. The maximum atomic E-state index is 12.6. The van der Waals surface area contributed by atoms with Crippen LogP contribution >= 0.6 is 0 Å². The van der Waals surface area contributed by atoms with Crippen LogP contribution in [0.1, 0.15) is 44.0 Å². The molecule has 1 fully saturated rings. The second-order valence-electron chi connectivity index (χ2n) is 7.76. The van der Waals surface area contributed by atoms with Crippen molar-refractivity contribution in [3.63, 3.8) is 0 Å². The van der Waals surface area contributed by atoms with Gasteiger partial charge in [0.05, 0.1) is 29.5 Å². The molecule has 8 heteroatoms. The number of rotatable bonds is 6. The molecule has 2 amide bonds. The highest BCUT2D eigenvalue weighted by Gasteiger charge is 2.51. The third-order valence-electron chi connectivity index (χ3n) is 4.90. The average molecular weight is 359 g/mol. The van der Waals surface area contributed by atoms with E-state index in [2.05, 4.69) is 20.7 Å². The van der Waals surface area contributed by atoms with Gasteiger partial charge < -0.3 is 15.4 Å². The van der Waals surface area contributed by atoms with Crippen LogP contribution in [0.4, 0.5) is 0 Å². The van der Waals surface area contributed by atoms with Gasteiger partial charge in [0.2, 0.25) is 0 Å². The molecule has 0 bridgehead atoms. The molecule has 0 spiro atoms. The Labute approximate surface area is 152 Å². The predicted octanol–water partition coefficient (Wildman–Crippen LogP) is 1.17. The molecule has 0 aliphatic heterocycles. The number of fused-ring (bicyclic) bond motifs is 1. The van der Waals surface area contributed by atoms with Crippen molar-refractivity contribution in [2.24, 2.45) is 5.41 Å². The van der Waals surface area contributed by atoms with E-state index in [1.165, 1.54) is 6.20 Å². The van der Waals surface area contributed by atoms with Gasteiger partial charge in [0.1, 0.15) is 5.60 Å². The van der Waals surface area contributed by atoms with E-state index in [4.69, 9.17) is 4.74 Å². The number of nitrogens with one attached hydrogen (secondary N) is 2. The lowest BCUT2D eigenvalue weighted by Gasteiger charge is -2.32. The van der Waals surface area contributed by atoms with Gasteiger partial charge in [-0.1, -0.05) is 20.8 Å². The highest BCUT2D eigenvalue weighted by Crippen LogP contribution is 2.39. The van der Waals surface area contributed by atoms with Crippen molar-refractivity contribution in [1.82, 2.24) is 25.2 Å². The molecule has 0 aromatic carbocycles. The van der Waals surface area contributed by atoms with Crippen LogP contribution in [0.2, 0.25) is 0 Å². The Morgan fingerprint density at radius 2 is 2.08 bits per heavy atom. The fraction of sp³-hybridized carbons (Fsp3) is 0.556. The molecule has 1 aliphatic carbocycles. The summed E-state index contributed by atoms with van der Waals surface area (Å²) in [6, 6.07) is -0.230. The molecule has 8 nitrogen and oxygen atoms in total. The SMILES string of the molecule is COC1(C(=O)NC(CNC(=O)c2cnn3ccncc23)C(C)(C)C)CC1. The Morgan fingerprint density at radius 1 is 1.35 bits per heavy atom. The highest BCUT2D eigenvalue weighted by molar-refractivity contribution is 6.00. The Hall–Kier alpha value is -2.48. The standard InChI is InChI=1S/C18H25N5O3/c1-17(2,3)14(22-16(25)18(26-4)5-6-18)11-20-15(24)12-9-21-23-8-7-19-10-13(12)23/h7-10,14H,5-6,11H2,1-4H3,(H,20,24)(H,22,25). The normalized spacial score (nSPS) is 16.9. The van der Waals surface area contributed by atoms with E-state index in [1.54, 1.807) is 30.2 Å². The molecule has 1 saturated carbocycles. The van der Waals surface area contributed by atoms with E-state index in [9.17, 15) is 9.59 Å². The first-order valence-electron chi connectivity index (χ1n) is 8.68. The molecule has 140 valence electrons. The number of nitrogens with zero attached hydrogens (tertiary/aromatic N) is 3. The van der Waals surface area contributed by atoms with Crippen molar-refractivity contribution < 1.29 is 14.3 Å². The van der Waals surface area contributed by atoms with E-state index in [-0.39, 0.29) is 23.3 Å². The number of hydrogen-bond donors (Lipinski definition) is 2. The quantitative estimate of drug-likeness (QED) is 0.807. The van der Waals surface area contributed by atoms with Crippen LogP contribution in [0.15, 0.2) is 24.8 Å². The van der Waals surface area contributed by atoms with E-state index in [1.807, 2.05) is 20.8 Å². The lowest BCUT2D eigenvalue weighted by atomic mass is 9.86. The van der Waals surface area contributed by atoms with Crippen LogP contribution in [0, 0.1) is 5.41 Å². The summed E-state index contributed by atoms with van der Waals surface area (Å²) in [5, 5.41) is 10.1. The first kappa shape index (κ1) is 18.3. The summed E-state index contributed by atoms with van der Waals surface area (Å²) >= 11 is 0. The molecule has 1 atom stereocenters. The van der Waals surface area contributed by atoms with Gasteiger partial charge in [-0.2, -0.15) is 5.10 Å². The number of hydrogen-bond acceptors (Lipinski definition) is 5. The minimum absolute atomic E-state index is 0.116. The van der Waals surface area contributed by atoms with Crippen molar-refractivity contribution in [2.45, 2.75) is 45.3 Å². The minimum Gasteiger partial charge on any atom is -0.368 e. The van der Waals surface area contributed by atoms with Crippen LogP contribution in [-0.4, -0.2) is 51.7 Å². The molecular formula is C18H25N5O3. The smallest absolute Gasteiger partial charge is 0.255 e. The summed E-state index contributed by atoms with van der Waals surface area (Å²) in [5.41, 5.74) is 0.169. The van der Waals surface area contributed by atoms with E-state index < -0.39 is 5.60 Å². The molecule has 3 rings (SSSR count). The number of ether oxygens (including phenoxy) is 1. The second-order valence-corrected chi connectivity index (χ2v) is 7.76. The summed E-state index contributed by atoms with van der Waals surface area (Å²) in [4.78, 5) is 29.1. The third kappa shape index (κ3) is 3.55. The molecule has 2 aromatic heterocycles. The third-order valence-corrected chi connectivity index (χ3v) is 4.90. The van der Waals surface area contributed by atoms with Gasteiger partial charge in [0, 0.05) is 26.0 Å². The minimum atomic E-state index is -0.693. The van der Waals surface area contributed by atoms with Crippen molar-refractivity contribution in [3.8, 4) is 0 Å². The first-order valence-corrected chi connectivity index (χ1v) is 8.68. The van der Waals surface area contributed by atoms with Gasteiger partial charge in [-0.15, -0.1) is 0 Å². The molecule has 2 aromatic rings. The van der Waals surface area contributed by atoms with Crippen LogP contribution in [0.25, 0.3) is 5.52 Å². The summed E-state index contributed by atoms with van der Waals surface area (Å²) in [6.07, 6.45) is 7.86. The number of amides is 2. The molecule has 2 heterocycles. The fourth-order valence-electron chi connectivity index (χ4n) is 2.80. The van der Waals surface area contributed by atoms with Crippen molar-refractivity contribution in [1.29, 1.82) is 0 Å². The largest absolute Gasteiger partial charge is 0.368 e. The Kier molecular flexibility index (Phi) is 4.70. The maximum Gasteiger partial charge on any atom is 0.255 e. The molecular weight excluding hydrogens is 334 g/mol. The molecule has 1 unspecified atom stereocenters. The summed E-state index contributed by atoms with van der Waals surface area (Å²) in [6.45, 7) is 6.38. The van der Waals surface area contributed by atoms with Gasteiger partial charge in [-0.25, -0.2) is 4.52 Å². The monoisotopic (exact) mass is 359 g/mol. The van der Waals surface area contributed by atoms with E-state index in [0.29, 0.717) is 17.6 Å². The number of carbonyl (C=O) groups is 2. The van der Waals surface area contributed by atoms with E-state index in [0.717, 1.165) is 12.8 Å². The molecule has 0 saturated heterocycles. The Morgan fingerprint density at radius 3 is 2.69 bits per heavy atom. The molecule has 0 radical (unpaired) electrons. The summed E-state index contributed by atoms with van der Waals surface area (Å²) in [5.74, 6) is -0.362. The van der Waals surface area contributed by atoms with Crippen molar-refractivity contribution >= 4 is 17.3 Å². The van der Waals surface area contributed by atoms with Crippen LogP contribution < -0.4 is 10.6 Å². The topological polar surface area (TPSA) is 97.6 Å². The second kappa shape index (κ2) is 6.68. The molecule has 2 N–H and O–H groups in total. The maximum absolute atomic E-state index is 12.6. The number of carbonyl (C=O) groups excluding carboxylic acids is 2. The Balaban J connectivity index is 1.68. The number of aromatic nitrogens is 3. The van der Waals surface area contributed by atoms with Crippen LogP contribution in [0.5, 0.6) is 0 Å².